The molecular weight excluding hydrogens is 308 g/mol. The van der Waals surface area contributed by atoms with Gasteiger partial charge in [-0.25, -0.2) is 0 Å². The molecule has 0 fully saturated rings. The van der Waals surface area contributed by atoms with Crippen LogP contribution in [0.5, 0.6) is 0 Å². The molecule has 0 unspecified atom stereocenters. The van der Waals surface area contributed by atoms with Gasteiger partial charge in [-0.3, -0.25) is 14.5 Å². The molecular formula is C18H20N2O2S. The highest BCUT2D eigenvalue weighted by atomic mass is 32.1. The van der Waals surface area contributed by atoms with Crippen LogP contribution < -0.4 is 5.32 Å². The number of amides is 2. The molecule has 4 nitrogen and oxygen atoms in total. The van der Waals surface area contributed by atoms with Crippen LogP contribution in [0.25, 0.3) is 0 Å². The lowest BCUT2D eigenvalue weighted by Gasteiger charge is -2.13. The molecule has 1 aliphatic rings. The molecule has 3 rings (SSSR count). The van der Waals surface area contributed by atoms with Crippen LogP contribution in [0.4, 0.5) is 0 Å². The lowest BCUT2D eigenvalue weighted by Crippen LogP contribution is -2.31. The number of carbonyl (C=O) groups excluding carboxylic acids is 2. The van der Waals surface area contributed by atoms with Crippen molar-refractivity contribution in [2.24, 2.45) is 0 Å². The molecule has 0 radical (unpaired) electrons. The Morgan fingerprint density at radius 3 is 2.35 bits per heavy atom. The minimum Gasteiger partial charge on any atom is -0.312 e. The van der Waals surface area contributed by atoms with Crippen LogP contribution in [0.1, 0.15) is 44.0 Å². The first-order valence-corrected chi connectivity index (χ1v) is 8.75. The van der Waals surface area contributed by atoms with E-state index >= 15 is 0 Å². The highest BCUT2D eigenvalue weighted by Crippen LogP contribution is 2.22. The van der Waals surface area contributed by atoms with E-state index in [4.69, 9.17) is 0 Å². The van der Waals surface area contributed by atoms with Gasteiger partial charge >= 0.3 is 0 Å². The summed E-state index contributed by atoms with van der Waals surface area (Å²) in [4.78, 5) is 27.2. The summed E-state index contributed by atoms with van der Waals surface area (Å²) in [7, 11) is 0. The van der Waals surface area contributed by atoms with Crippen molar-refractivity contribution >= 4 is 23.2 Å². The van der Waals surface area contributed by atoms with Gasteiger partial charge in [0.15, 0.2) is 0 Å². The number of nitrogens with zero attached hydrogens (tertiary/aromatic N) is 1. The van der Waals surface area contributed by atoms with Crippen molar-refractivity contribution in [2.45, 2.75) is 26.3 Å². The molecule has 120 valence electrons. The molecule has 1 aromatic carbocycles. The first-order chi connectivity index (χ1) is 11.2. The van der Waals surface area contributed by atoms with Crippen molar-refractivity contribution in [1.29, 1.82) is 0 Å². The fraction of sp³-hybridized carbons (Fsp3) is 0.333. The molecule has 0 spiro atoms. The molecule has 0 atom stereocenters. The van der Waals surface area contributed by atoms with Crippen molar-refractivity contribution in [3.05, 3.63) is 57.3 Å². The number of aryl methyl sites for hydroxylation is 1. The summed E-state index contributed by atoms with van der Waals surface area (Å²) in [5.74, 6) is -0.319. The molecule has 1 N–H and O–H groups in total. The quantitative estimate of drug-likeness (QED) is 0.627. The fourth-order valence-electron chi connectivity index (χ4n) is 2.75. The van der Waals surface area contributed by atoms with Crippen LogP contribution in [-0.4, -0.2) is 29.8 Å². The number of nitrogens with one attached hydrogen (secondary N) is 1. The largest absolute Gasteiger partial charge is 0.312 e. The van der Waals surface area contributed by atoms with E-state index in [9.17, 15) is 9.59 Å². The van der Waals surface area contributed by atoms with Gasteiger partial charge in [-0.15, -0.1) is 11.3 Å². The van der Waals surface area contributed by atoms with E-state index in [0.717, 1.165) is 25.9 Å². The topological polar surface area (TPSA) is 49.4 Å². The number of carbonyl (C=O) groups is 2. The van der Waals surface area contributed by atoms with Gasteiger partial charge in [0.1, 0.15) is 0 Å². The smallest absolute Gasteiger partial charge is 0.261 e. The fourth-order valence-corrected chi connectivity index (χ4v) is 3.63. The van der Waals surface area contributed by atoms with Gasteiger partial charge in [-0.05, 0) is 55.5 Å². The third kappa shape index (κ3) is 3.35. The van der Waals surface area contributed by atoms with E-state index in [1.54, 1.807) is 35.6 Å². The number of hydrogen-bond acceptors (Lipinski definition) is 4. The van der Waals surface area contributed by atoms with Crippen molar-refractivity contribution in [3.8, 4) is 0 Å². The molecule has 0 saturated carbocycles. The van der Waals surface area contributed by atoms with Crippen molar-refractivity contribution in [2.75, 3.05) is 13.1 Å². The van der Waals surface area contributed by atoms with E-state index in [1.165, 1.54) is 15.3 Å². The monoisotopic (exact) mass is 328 g/mol. The van der Waals surface area contributed by atoms with Crippen LogP contribution >= 0.6 is 11.3 Å². The zero-order chi connectivity index (χ0) is 16.2. The summed E-state index contributed by atoms with van der Waals surface area (Å²) in [6.45, 7) is 4.39. The Kier molecular flexibility index (Phi) is 4.88. The van der Waals surface area contributed by atoms with Gasteiger partial charge in [-0.2, -0.15) is 0 Å². The molecule has 0 saturated heterocycles. The van der Waals surface area contributed by atoms with Gasteiger partial charge in [0.25, 0.3) is 11.8 Å². The Morgan fingerprint density at radius 2 is 1.74 bits per heavy atom. The number of imide groups is 1. The second kappa shape index (κ2) is 7.06. The number of fused-ring (bicyclic) bond motifs is 1. The van der Waals surface area contributed by atoms with E-state index in [-0.39, 0.29) is 11.8 Å². The first kappa shape index (κ1) is 15.9. The highest BCUT2D eigenvalue weighted by Gasteiger charge is 2.34. The third-order valence-electron chi connectivity index (χ3n) is 4.12. The predicted octanol–water partition coefficient (Wildman–Crippen LogP) is 3.22. The minimum absolute atomic E-state index is 0.159. The van der Waals surface area contributed by atoms with Crippen LogP contribution in [-0.2, 0) is 6.54 Å². The number of benzene rings is 1. The minimum atomic E-state index is -0.159. The van der Waals surface area contributed by atoms with Gasteiger partial charge < -0.3 is 5.32 Å². The Labute approximate surface area is 140 Å². The molecule has 2 aromatic rings. The van der Waals surface area contributed by atoms with Gasteiger partial charge in [0.2, 0.25) is 0 Å². The average molecular weight is 328 g/mol. The normalized spacial score (nSPS) is 13.7. The first-order valence-electron chi connectivity index (χ1n) is 7.87. The van der Waals surface area contributed by atoms with Crippen molar-refractivity contribution in [3.63, 3.8) is 0 Å². The number of hydrogen-bond donors (Lipinski definition) is 1. The maximum absolute atomic E-state index is 12.2. The molecule has 2 heterocycles. The van der Waals surface area contributed by atoms with Crippen LogP contribution in [0.3, 0.4) is 0 Å². The SMILES string of the molecule is Cc1ccsc1CNCCCCN1C(=O)c2ccccc2C1=O. The summed E-state index contributed by atoms with van der Waals surface area (Å²) in [6.07, 6.45) is 1.76. The zero-order valence-corrected chi connectivity index (χ0v) is 14.0. The van der Waals surface area contributed by atoms with Gasteiger partial charge in [0, 0.05) is 18.0 Å². The second-order valence-electron chi connectivity index (χ2n) is 5.72. The lowest BCUT2D eigenvalue weighted by atomic mass is 10.1. The summed E-state index contributed by atoms with van der Waals surface area (Å²) < 4.78 is 0. The van der Waals surface area contributed by atoms with E-state index < -0.39 is 0 Å². The van der Waals surface area contributed by atoms with Crippen LogP contribution in [0.15, 0.2) is 35.7 Å². The molecule has 0 bridgehead atoms. The van der Waals surface area contributed by atoms with Gasteiger partial charge in [-0.1, -0.05) is 12.1 Å². The third-order valence-corrected chi connectivity index (χ3v) is 5.14. The Balaban J connectivity index is 1.41. The van der Waals surface area contributed by atoms with E-state index in [0.29, 0.717) is 17.7 Å². The predicted molar refractivity (Wildman–Crippen MR) is 91.8 cm³/mol. The average Bonchev–Trinajstić information content (AvgIpc) is 3.07. The Morgan fingerprint density at radius 1 is 1.04 bits per heavy atom. The summed E-state index contributed by atoms with van der Waals surface area (Å²) >= 11 is 1.77. The zero-order valence-electron chi connectivity index (χ0n) is 13.2. The lowest BCUT2D eigenvalue weighted by molar-refractivity contribution is 0.0651. The standard InChI is InChI=1S/C18H20N2O2S/c1-13-8-11-23-16(13)12-19-9-4-5-10-20-17(21)14-6-2-3-7-15(14)18(20)22/h2-3,6-8,11,19H,4-5,9-10,12H2,1H3. The molecule has 1 aliphatic heterocycles. The number of unbranched alkanes of at least 4 members (excludes halogenated alkanes) is 1. The highest BCUT2D eigenvalue weighted by molar-refractivity contribution is 7.10. The van der Waals surface area contributed by atoms with E-state index in [2.05, 4.69) is 23.7 Å². The maximum Gasteiger partial charge on any atom is 0.261 e. The van der Waals surface area contributed by atoms with Crippen molar-refractivity contribution < 1.29 is 9.59 Å². The second-order valence-corrected chi connectivity index (χ2v) is 6.72. The van der Waals surface area contributed by atoms with Crippen LogP contribution in [0.2, 0.25) is 0 Å². The maximum atomic E-state index is 12.2. The molecule has 0 aliphatic carbocycles. The Hall–Kier alpha value is -1.98. The molecule has 2 amide bonds. The number of thiophene rings is 1. The molecule has 1 aromatic heterocycles. The van der Waals surface area contributed by atoms with Crippen molar-refractivity contribution in [1.82, 2.24) is 10.2 Å². The molecule has 5 heteroatoms. The summed E-state index contributed by atoms with van der Waals surface area (Å²) in [5.41, 5.74) is 2.39. The Bertz CT molecular complexity index is 688. The number of rotatable bonds is 7. The van der Waals surface area contributed by atoms with Gasteiger partial charge in [0.05, 0.1) is 11.1 Å². The molecule has 23 heavy (non-hydrogen) atoms. The van der Waals surface area contributed by atoms with Crippen LogP contribution in [0, 0.1) is 6.92 Å². The van der Waals surface area contributed by atoms with E-state index in [1.807, 2.05) is 0 Å². The summed E-state index contributed by atoms with van der Waals surface area (Å²) in [6, 6.07) is 9.17. The summed E-state index contributed by atoms with van der Waals surface area (Å²) in [5, 5.41) is 5.52.